The zero-order valence-electron chi connectivity index (χ0n) is 32.4. The number of fused-ring (bicyclic) bond motifs is 5. The maximum atomic E-state index is 12.6. The van der Waals surface area contributed by atoms with Crippen LogP contribution in [0.3, 0.4) is 0 Å². The second-order valence-electron chi connectivity index (χ2n) is 18.2. The van der Waals surface area contributed by atoms with Crippen LogP contribution in [0.1, 0.15) is 120 Å². The van der Waals surface area contributed by atoms with Gasteiger partial charge in [0.05, 0.1) is 18.6 Å². The van der Waals surface area contributed by atoms with Crippen molar-refractivity contribution in [1.29, 1.82) is 0 Å². The van der Waals surface area contributed by atoms with Gasteiger partial charge in [0.25, 0.3) is 8.32 Å². The van der Waals surface area contributed by atoms with E-state index in [-0.39, 0.29) is 39.8 Å². The van der Waals surface area contributed by atoms with Crippen molar-refractivity contribution in [3.05, 3.63) is 72.3 Å². The van der Waals surface area contributed by atoms with E-state index in [4.69, 9.17) is 9.16 Å². The zero-order chi connectivity index (χ0) is 35.9. The molecule has 0 radical (unpaired) electrons. The van der Waals surface area contributed by atoms with E-state index >= 15 is 0 Å². The first-order valence-electron chi connectivity index (χ1n) is 20.1. The minimum absolute atomic E-state index is 0.0175. The molecule has 0 bridgehead atoms. The Labute approximate surface area is 305 Å². The van der Waals surface area contributed by atoms with Crippen molar-refractivity contribution in [2.24, 2.45) is 46.3 Å². The molecule has 0 spiro atoms. The summed E-state index contributed by atoms with van der Waals surface area (Å²) >= 11 is 0. The van der Waals surface area contributed by atoms with Crippen molar-refractivity contribution in [3.8, 4) is 0 Å². The van der Waals surface area contributed by atoms with E-state index in [1.54, 1.807) is 5.57 Å². The molecule has 3 saturated carbocycles. The normalized spacial score (nSPS) is 32.9. The van der Waals surface area contributed by atoms with Crippen LogP contribution in [0.2, 0.25) is 5.04 Å². The molecule has 2 aromatic carbocycles. The second kappa shape index (κ2) is 14.7. The van der Waals surface area contributed by atoms with E-state index in [1.165, 1.54) is 48.9 Å². The van der Waals surface area contributed by atoms with E-state index < -0.39 is 14.4 Å². The number of aliphatic hydroxyl groups is 1. The maximum absolute atomic E-state index is 12.6. The van der Waals surface area contributed by atoms with Crippen LogP contribution in [0.15, 0.2) is 72.3 Å². The van der Waals surface area contributed by atoms with Gasteiger partial charge in [-0.15, -0.1) is 0 Å². The van der Waals surface area contributed by atoms with Gasteiger partial charge < -0.3 is 14.3 Å². The topological polar surface area (TPSA) is 55.8 Å². The second-order valence-corrected chi connectivity index (χ2v) is 22.4. The van der Waals surface area contributed by atoms with Crippen LogP contribution in [0.25, 0.3) is 0 Å². The molecule has 0 amide bonds. The highest BCUT2D eigenvalue weighted by Crippen LogP contribution is 2.67. The molecule has 6 rings (SSSR count). The van der Waals surface area contributed by atoms with Gasteiger partial charge in [-0.05, 0) is 127 Å². The Morgan fingerprint density at radius 3 is 2.14 bits per heavy atom. The first-order chi connectivity index (χ1) is 23.8. The van der Waals surface area contributed by atoms with Crippen molar-refractivity contribution < 1.29 is 19.1 Å². The lowest BCUT2D eigenvalue weighted by Crippen LogP contribution is -2.68. The first kappa shape index (κ1) is 37.5. The number of aliphatic hydroxyl groups excluding tert-OH is 1. The summed E-state index contributed by atoms with van der Waals surface area (Å²) in [5.41, 5.74) is 2.16. The van der Waals surface area contributed by atoms with Crippen molar-refractivity contribution in [3.63, 3.8) is 0 Å². The van der Waals surface area contributed by atoms with Gasteiger partial charge in [0, 0.05) is 6.10 Å². The summed E-state index contributed by atoms with van der Waals surface area (Å²) in [5, 5.41) is 14.2. The van der Waals surface area contributed by atoms with Gasteiger partial charge in [-0.1, -0.05) is 121 Å². The molecule has 4 nitrogen and oxygen atoms in total. The molecule has 0 unspecified atom stereocenters. The minimum atomic E-state index is -2.60. The molecule has 1 N–H and O–H groups in total. The van der Waals surface area contributed by atoms with Crippen molar-refractivity contribution in [1.82, 2.24) is 0 Å². The summed E-state index contributed by atoms with van der Waals surface area (Å²) in [4.78, 5) is 12.6. The Balaban J connectivity index is 1.20. The van der Waals surface area contributed by atoms with Gasteiger partial charge >= 0.3 is 5.97 Å². The molecule has 5 heteroatoms. The Hall–Kier alpha value is -2.21. The van der Waals surface area contributed by atoms with E-state index in [0.717, 1.165) is 18.8 Å². The van der Waals surface area contributed by atoms with E-state index in [2.05, 4.69) is 108 Å². The standard InChI is InChI=1S/C45H66O4Si/c1-9-32(42(47)48-10-2)29-41(46)31(3)38-23-24-39-37-22-21-33-30-34(25-27-44(33,7)40(37)26-28-45(38,39)8)49-50(43(4,5)6,35-17-13-11-14-18-35)36-19-15-12-16-20-36/h11-21,31-32,34,37-41,46H,9-10,22-30H2,1-8H3/t31-,32+,34-,37-,38+,39-,40-,41-,44-,45+/m0/s1. The molecule has 274 valence electrons. The number of allylic oxidation sites excluding steroid dienone is 1. The average Bonchev–Trinajstić information content (AvgIpc) is 3.46. The van der Waals surface area contributed by atoms with E-state index in [9.17, 15) is 9.90 Å². The van der Waals surface area contributed by atoms with Crippen molar-refractivity contribution >= 4 is 24.7 Å². The smallest absolute Gasteiger partial charge is 0.309 e. The molecule has 0 saturated heterocycles. The summed E-state index contributed by atoms with van der Waals surface area (Å²) in [6, 6.07) is 22.3. The van der Waals surface area contributed by atoms with Crippen LogP contribution in [-0.4, -0.2) is 38.2 Å². The number of ether oxygens (including phenoxy) is 1. The van der Waals surface area contributed by atoms with Crippen molar-refractivity contribution in [2.45, 2.75) is 137 Å². The molecular weight excluding hydrogens is 633 g/mol. The molecule has 0 heterocycles. The van der Waals surface area contributed by atoms with Crippen LogP contribution >= 0.6 is 0 Å². The Kier molecular flexibility index (Phi) is 11.0. The van der Waals surface area contributed by atoms with Gasteiger partial charge in [0.15, 0.2) is 0 Å². The lowest BCUT2D eigenvalue weighted by atomic mass is 9.47. The van der Waals surface area contributed by atoms with Gasteiger partial charge in [-0.3, -0.25) is 4.79 Å². The summed E-state index contributed by atoms with van der Waals surface area (Å²) in [7, 11) is -2.60. The largest absolute Gasteiger partial charge is 0.466 e. The Bertz CT molecular complexity index is 1440. The fourth-order valence-electron chi connectivity index (χ4n) is 12.0. The van der Waals surface area contributed by atoms with Crippen LogP contribution in [0, 0.1) is 46.3 Å². The third-order valence-electron chi connectivity index (χ3n) is 14.8. The van der Waals surface area contributed by atoms with Crippen molar-refractivity contribution in [2.75, 3.05) is 6.61 Å². The van der Waals surface area contributed by atoms with Gasteiger partial charge in [-0.25, -0.2) is 0 Å². The lowest BCUT2D eigenvalue weighted by molar-refractivity contribution is -0.150. The quantitative estimate of drug-likeness (QED) is 0.144. The first-order valence-corrected chi connectivity index (χ1v) is 22.0. The predicted molar refractivity (Wildman–Crippen MR) is 208 cm³/mol. The number of hydrogen-bond acceptors (Lipinski definition) is 4. The number of carbonyl (C=O) groups excluding carboxylic acids is 1. The van der Waals surface area contributed by atoms with Crippen LogP contribution in [0.5, 0.6) is 0 Å². The highest BCUT2D eigenvalue weighted by Gasteiger charge is 2.60. The SMILES string of the molecule is CCOC(=O)[C@H](CC)C[C@H](O)[C@@H](C)[C@H]1CC[C@H]2[C@@H]3CC=C4C[C@@H](O[Si](c5ccccc5)(c5ccccc5)C(C)(C)C)CC[C@]4(C)[C@H]3CC[C@]12C. The highest BCUT2D eigenvalue weighted by molar-refractivity contribution is 6.99. The number of carbonyl (C=O) groups is 1. The molecule has 4 aliphatic rings. The monoisotopic (exact) mass is 698 g/mol. The third kappa shape index (κ3) is 6.51. The van der Waals surface area contributed by atoms with Gasteiger partial charge in [-0.2, -0.15) is 0 Å². The molecule has 4 aliphatic carbocycles. The maximum Gasteiger partial charge on any atom is 0.309 e. The molecule has 50 heavy (non-hydrogen) atoms. The fourth-order valence-corrected chi connectivity index (χ4v) is 16.8. The molecule has 10 atom stereocenters. The molecule has 0 aliphatic heterocycles. The predicted octanol–water partition coefficient (Wildman–Crippen LogP) is 9.49. The Morgan fingerprint density at radius 1 is 0.920 bits per heavy atom. The zero-order valence-corrected chi connectivity index (χ0v) is 33.4. The number of hydrogen-bond donors (Lipinski definition) is 1. The number of rotatable bonds is 11. The Morgan fingerprint density at radius 2 is 1.56 bits per heavy atom. The average molecular weight is 699 g/mol. The van der Waals surface area contributed by atoms with Gasteiger partial charge in [0.1, 0.15) is 0 Å². The molecule has 2 aromatic rings. The third-order valence-corrected chi connectivity index (χ3v) is 19.9. The van der Waals surface area contributed by atoms with Crippen LogP contribution < -0.4 is 10.4 Å². The number of benzene rings is 2. The summed E-state index contributed by atoms with van der Waals surface area (Å²) in [6.45, 7) is 18.9. The molecular formula is C45H66O4Si. The van der Waals surface area contributed by atoms with Gasteiger partial charge in [0.2, 0.25) is 0 Å². The van der Waals surface area contributed by atoms with Crippen LogP contribution in [-0.2, 0) is 14.0 Å². The fraction of sp³-hybridized carbons (Fsp3) is 0.667. The molecule has 0 aromatic heterocycles. The summed E-state index contributed by atoms with van der Waals surface area (Å²) in [5.74, 6) is 2.46. The van der Waals surface area contributed by atoms with E-state index in [0.29, 0.717) is 37.2 Å². The van der Waals surface area contributed by atoms with E-state index in [1.807, 2.05) is 13.8 Å². The summed E-state index contributed by atoms with van der Waals surface area (Å²) in [6.07, 6.45) is 13.2. The lowest BCUT2D eigenvalue weighted by Gasteiger charge is -2.59. The number of esters is 1. The minimum Gasteiger partial charge on any atom is -0.466 e. The highest BCUT2D eigenvalue weighted by atomic mass is 28.4. The molecule has 3 fully saturated rings. The summed E-state index contributed by atoms with van der Waals surface area (Å²) < 4.78 is 13.0. The van der Waals surface area contributed by atoms with Crippen LogP contribution in [0.4, 0.5) is 0 Å².